The molecule has 0 aromatic carbocycles. The number of ether oxygens (including phenoxy) is 2. The van der Waals surface area contributed by atoms with Crippen molar-refractivity contribution in [1.29, 1.82) is 0 Å². The third-order valence-electron chi connectivity index (χ3n) is 6.38. The SMILES string of the molecule is CCCC[Si](CCCC)C(CCC)OC(CC)OC(CCC)[Si](CCCC)CCCC. The van der Waals surface area contributed by atoms with E-state index in [9.17, 15) is 0 Å². The fourth-order valence-corrected chi connectivity index (χ4v) is 11.5. The summed E-state index contributed by atoms with van der Waals surface area (Å²) in [5.74, 6) is 0. The van der Waals surface area contributed by atoms with Crippen molar-refractivity contribution in [1.82, 2.24) is 0 Å². The van der Waals surface area contributed by atoms with Gasteiger partial charge in [0.15, 0.2) is 6.29 Å². The van der Waals surface area contributed by atoms with Gasteiger partial charge in [0.1, 0.15) is 0 Å². The van der Waals surface area contributed by atoms with E-state index in [1.165, 1.54) is 101 Å². The van der Waals surface area contributed by atoms with Crippen molar-refractivity contribution in [3.05, 3.63) is 0 Å². The summed E-state index contributed by atoms with van der Waals surface area (Å²) < 4.78 is 13.7. The fourth-order valence-electron chi connectivity index (χ4n) is 4.36. The molecule has 0 N–H and O–H groups in total. The molecule has 4 heteroatoms. The minimum absolute atomic E-state index is 0.0135. The second kappa shape index (κ2) is 22.2. The molecule has 0 rings (SSSR count). The second-order valence-electron chi connectivity index (χ2n) is 9.40. The van der Waals surface area contributed by atoms with E-state index in [1.54, 1.807) is 0 Å². The largest absolute Gasteiger partial charge is 0.353 e. The Balaban J connectivity index is 5.28. The van der Waals surface area contributed by atoms with Crippen LogP contribution in [0.2, 0.25) is 24.2 Å². The molecular formula is C27H58O2Si2. The zero-order valence-corrected chi connectivity index (χ0v) is 24.6. The van der Waals surface area contributed by atoms with E-state index in [1.807, 2.05) is 0 Å². The van der Waals surface area contributed by atoms with Crippen molar-refractivity contribution in [2.24, 2.45) is 0 Å². The molecule has 0 aliphatic rings. The Kier molecular flexibility index (Phi) is 22.4. The Morgan fingerprint density at radius 2 is 0.806 bits per heavy atom. The van der Waals surface area contributed by atoms with Gasteiger partial charge < -0.3 is 9.47 Å². The van der Waals surface area contributed by atoms with Gasteiger partial charge in [-0.25, -0.2) is 0 Å². The van der Waals surface area contributed by atoms with Gasteiger partial charge >= 0.3 is 0 Å². The highest BCUT2D eigenvalue weighted by molar-refractivity contribution is 6.60. The van der Waals surface area contributed by atoms with Gasteiger partial charge in [-0.1, -0.05) is 137 Å². The first-order valence-electron chi connectivity index (χ1n) is 14.1. The average molecular weight is 471 g/mol. The first-order chi connectivity index (χ1) is 15.1. The first-order valence-corrected chi connectivity index (χ1v) is 18.1. The summed E-state index contributed by atoms with van der Waals surface area (Å²) in [6.07, 6.45) is 16.7. The van der Waals surface area contributed by atoms with Crippen molar-refractivity contribution in [2.45, 2.75) is 174 Å². The van der Waals surface area contributed by atoms with Crippen molar-refractivity contribution in [2.75, 3.05) is 0 Å². The maximum atomic E-state index is 6.87. The van der Waals surface area contributed by atoms with Crippen LogP contribution in [0.4, 0.5) is 0 Å². The molecule has 0 aromatic rings. The van der Waals surface area contributed by atoms with Gasteiger partial charge in [-0.2, -0.15) is 0 Å². The Bertz CT molecular complexity index is 319. The molecule has 0 saturated carbocycles. The van der Waals surface area contributed by atoms with Gasteiger partial charge in [-0.3, -0.25) is 0 Å². The topological polar surface area (TPSA) is 18.5 Å². The van der Waals surface area contributed by atoms with E-state index in [4.69, 9.17) is 9.47 Å². The smallest absolute Gasteiger partial charge is 0.157 e. The number of hydrogen-bond donors (Lipinski definition) is 0. The van der Waals surface area contributed by atoms with E-state index >= 15 is 0 Å². The van der Waals surface area contributed by atoms with Crippen LogP contribution in [0.3, 0.4) is 0 Å². The average Bonchev–Trinajstić information content (AvgIpc) is 2.78. The van der Waals surface area contributed by atoms with Crippen LogP contribution in [0.1, 0.15) is 132 Å². The van der Waals surface area contributed by atoms with Gasteiger partial charge in [0.05, 0.1) is 17.6 Å². The highest BCUT2D eigenvalue weighted by Gasteiger charge is 2.29. The summed E-state index contributed by atoms with van der Waals surface area (Å²) in [5, 5.41) is 0. The van der Waals surface area contributed by atoms with Crippen LogP contribution >= 0.6 is 0 Å². The molecule has 2 unspecified atom stereocenters. The Morgan fingerprint density at radius 1 is 0.484 bits per heavy atom. The molecule has 186 valence electrons. The van der Waals surface area contributed by atoms with Crippen molar-refractivity contribution >= 4 is 17.6 Å². The molecule has 0 aliphatic heterocycles. The molecule has 0 aliphatic carbocycles. The zero-order chi connectivity index (χ0) is 23.3. The van der Waals surface area contributed by atoms with Crippen LogP contribution in [-0.4, -0.2) is 35.3 Å². The highest BCUT2D eigenvalue weighted by atomic mass is 28.3. The van der Waals surface area contributed by atoms with Crippen LogP contribution in [0.15, 0.2) is 0 Å². The van der Waals surface area contributed by atoms with E-state index < -0.39 is 17.6 Å². The van der Waals surface area contributed by atoms with Crippen LogP contribution in [0.5, 0.6) is 0 Å². The predicted molar refractivity (Wildman–Crippen MR) is 144 cm³/mol. The van der Waals surface area contributed by atoms with E-state index in [0.717, 1.165) is 6.42 Å². The molecule has 2 atom stereocenters. The molecule has 31 heavy (non-hydrogen) atoms. The normalized spacial score (nSPS) is 15.0. The second-order valence-corrected chi connectivity index (χ2v) is 15.3. The van der Waals surface area contributed by atoms with Crippen molar-refractivity contribution in [3.8, 4) is 0 Å². The van der Waals surface area contributed by atoms with Crippen molar-refractivity contribution < 1.29 is 9.47 Å². The van der Waals surface area contributed by atoms with Crippen LogP contribution in [0.25, 0.3) is 0 Å². The molecule has 2 nitrogen and oxygen atoms in total. The molecule has 0 bridgehead atoms. The van der Waals surface area contributed by atoms with Gasteiger partial charge in [-0.15, -0.1) is 0 Å². The lowest BCUT2D eigenvalue weighted by atomic mass is 10.3. The lowest BCUT2D eigenvalue weighted by Crippen LogP contribution is -2.41. The summed E-state index contributed by atoms with van der Waals surface area (Å²) in [4.78, 5) is 0. The van der Waals surface area contributed by atoms with E-state index in [2.05, 4.69) is 48.5 Å². The molecular weight excluding hydrogens is 412 g/mol. The molecule has 0 aromatic heterocycles. The fraction of sp³-hybridized carbons (Fsp3) is 1.00. The first kappa shape index (κ1) is 31.4. The Morgan fingerprint density at radius 3 is 1.03 bits per heavy atom. The Labute approximate surface area is 200 Å². The maximum Gasteiger partial charge on any atom is 0.157 e. The molecule has 2 radical (unpaired) electrons. The zero-order valence-electron chi connectivity index (χ0n) is 22.6. The molecule has 0 saturated heterocycles. The van der Waals surface area contributed by atoms with Crippen molar-refractivity contribution in [3.63, 3.8) is 0 Å². The summed E-state index contributed by atoms with van der Waals surface area (Å²) in [7, 11) is -0.929. The quantitative estimate of drug-likeness (QED) is 0.109. The molecule has 0 fully saturated rings. The minimum atomic E-state index is -0.465. The van der Waals surface area contributed by atoms with Gasteiger partial charge in [0.25, 0.3) is 0 Å². The number of unbranched alkanes of at least 4 members (excludes halogenated alkanes) is 4. The maximum absolute atomic E-state index is 6.87. The lowest BCUT2D eigenvalue weighted by molar-refractivity contribution is -0.168. The third-order valence-corrected chi connectivity index (χ3v) is 13.0. The number of rotatable bonds is 23. The predicted octanol–water partition coefficient (Wildman–Crippen LogP) is 9.36. The molecule has 0 heterocycles. The summed E-state index contributed by atoms with van der Waals surface area (Å²) in [5.41, 5.74) is 0.949. The van der Waals surface area contributed by atoms with Crippen LogP contribution in [-0.2, 0) is 9.47 Å². The molecule has 0 spiro atoms. The Hall–Kier alpha value is 0.354. The van der Waals surface area contributed by atoms with E-state index in [-0.39, 0.29) is 6.29 Å². The molecule has 0 amide bonds. The highest BCUT2D eigenvalue weighted by Crippen LogP contribution is 2.25. The summed E-state index contributed by atoms with van der Waals surface area (Å²) in [6.45, 7) is 16.3. The van der Waals surface area contributed by atoms with Gasteiger partial charge in [0, 0.05) is 11.5 Å². The van der Waals surface area contributed by atoms with Crippen LogP contribution in [0, 0.1) is 0 Å². The standard InChI is InChI=1S/C27H58O2Si2/c1-8-15-21-30(22-16-9-2)26(19-12-5)28-25(14-7)29-27(20-13-6)31(23-17-10-3)24-18-11-4/h25-27H,8-24H2,1-7H3. The summed E-state index contributed by atoms with van der Waals surface area (Å²) in [6, 6.07) is 5.68. The third kappa shape index (κ3) is 15.0. The van der Waals surface area contributed by atoms with Crippen LogP contribution < -0.4 is 0 Å². The number of hydrogen-bond acceptors (Lipinski definition) is 2. The summed E-state index contributed by atoms with van der Waals surface area (Å²) >= 11 is 0. The van der Waals surface area contributed by atoms with Gasteiger partial charge in [0.2, 0.25) is 0 Å². The van der Waals surface area contributed by atoms with E-state index in [0.29, 0.717) is 11.5 Å². The van der Waals surface area contributed by atoms with Gasteiger partial charge in [-0.05, 0) is 19.3 Å². The monoisotopic (exact) mass is 470 g/mol. The lowest BCUT2D eigenvalue weighted by Gasteiger charge is -2.34. The minimum Gasteiger partial charge on any atom is -0.353 e.